The van der Waals surface area contributed by atoms with Crippen LogP contribution in [0.4, 0.5) is 10.5 Å². The number of anilines is 1. The third-order valence-corrected chi connectivity index (χ3v) is 3.96. The zero-order valence-electron chi connectivity index (χ0n) is 15.0. The molecule has 0 saturated carbocycles. The molecule has 2 amide bonds. The van der Waals surface area contributed by atoms with Crippen LogP contribution in [-0.2, 0) is 0 Å². The number of carbonyl (C=O) groups is 1. The largest absolute Gasteiger partial charge is 0.490 e. The Bertz CT molecular complexity index is 688. The van der Waals surface area contributed by atoms with Gasteiger partial charge in [-0.3, -0.25) is 0 Å². The summed E-state index contributed by atoms with van der Waals surface area (Å²) in [5.74, 6) is 1.64. The quantitative estimate of drug-likeness (QED) is 0.680. The van der Waals surface area contributed by atoms with Gasteiger partial charge in [0.15, 0.2) is 18.2 Å². The minimum atomic E-state index is -0.301. The lowest BCUT2D eigenvalue weighted by atomic mass is 9.97. The fraction of sp³-hybridized carbons (Fsp3) is 0.350. The highest BCUT2D eigenvalue weighted by atomic mass is 16.5. The van der Waals surface area contributed by atoms with E-state index in [9.17, 15) is 4.79 Å². The number of nitrogens with one attached hydrogen (secondary N) is 2. The molecular weight excluding hydrogens is 316 g/mol. The predicted molar refractivity (Wildman–Crippen MR) is 100 cm³/mol. The molecule has 2 aromatic rings. The van der Waals surface area contributed by atoms with Crippen LogP contribution < -0.4 is 20.1 Å². The van der Waals surface area contributed by atoms with Crippen molar-refractivity contribution in [2.45, 2.75) is 33.1 Å². The van der Waals surface area contributed by atoms with Gasteiger partial charge in [-0.25, -0.2) is 4.79 Å². The first kappa shape index (κ1) is 18.6. The summed E-state index contributed by atoms with van der Waals surface area (Å²) in [6.07, 6.45) is 1.01. The Labute approximate surface area is 149 Å². The summed E-state index contributed by atoms with van der Waals surface area (Å²) >= 11 is 0. The van der Waals surface area contributed by atoms with Crippen LogP contribution in [0.1, 0.15) is 38.7 Å². The molecule has 0 aliphatic carbocycles. The van der Waals surface area contributed by atoms with E-state index in [1.54, 1.807) is 0 Å². The molecule has 0 bridgehead atoms. The van der Waals surface area contributed by atoms with Crippen molar-refractivity contribution >= 4 is 11.7 Å². The Morgan fingerprint density at radius 1 is 1.00 bits per heavy atom. The van der Waals surface area contributed by atoms with Crippen LogP contribution in [0.3, 0.4) is 0 Å². The van der Waals surface area contributed by atoms with Crippen LogP contribution in [-0.4, -0.2) is 19.4 Å². The van der Waals surface area contributed by atoms with Crippen LogP contribution in [0.2, 0.25) is 0 Å². The summed E-state index contributed by atoms with van der Waals surface area (Å²) in [7, 11) is 0. The molecule has 0 aliphatic rings. The highest BCUT2D eigenvalue weighted by Crippen LogP contribution is 2.27. The second kappa shape index (κ2) is 9.57. The molecule has 2 rings (SSSR count). The lowest BCUT2D eigenvalue weighted by molar-refractivity contribution is 0.229. The highest BCUT2D eigenvalue weighted by molar-refractivity contribution is 5.90. The molecule has 0 fully saturated rings. The Morgan fingerprint density at radius 3 is 2.32 bits per heavy atom. The highest BCUT2D eigenvalue weighted by Gasteiger charge is 2.11. The molecule has 1 atom stereocenters. The van der Waals surface area contributed by atoms with E-state index in [-0.39, 0.29) is 12.8 Å². The molecule has 25 heavy (non-hydrogen) atoms. The van der Waals surface area contributed by atoms with Crippen LogP contribution in [0, 0.1) is 0 Å². The molecule has 0 spiro atoms. The average molecular weight is 342 g/mol. The summed E-state index contributed by atoms with van der Waals surface area (Å²) < 4.78 is 11.1. The maximum atomic E-state index is 12.1. The average Bonchev–Trinajstić information content (AvgIpc) is 2.63. The number of urea groups is 1. The van der Waals surface area contributed by atoms with Crippen LogP contribution in [0.15, 0.2) is 48.5 Å². The fourth-order valence-electron chi connectivity index (χ4n) is 2.45. The summed E-state index contributed by atoms with van der Waals surface area (Å²) in [6, 6.07) is 14.9. The SMILES string of the molecule is CCOc1ccccc1OCNC(=O)Nc1ccccc1C(C)CC. The molecule has 0 radical (unpaired) electrons. The first-order chi connectivity index (χ1) is 12.2. The van der Waals surface area contributed by atoms with Crippen molar-refractivity contribution in [3.8, 4) is 11.5 Å². The summed E-state index contributed by atoms with van der Waals surface area (Å²) in [4.78, 5) is 12.1. The number of carbonyl (C=O) groups excluding carboxylic acids is 1. The summed E-state index contributed by atoms with van der Waals surface area (Å²) in [5, 5.41) is 5.60. The fourth-order valence-corrected chi connectivity index (χ4v) is 2.45. The van der Waals surface area contributed by atoms with E-state index in [1.807, 2.05) is 55.5 Å². The number of benzene rings is 2. The zero-order valence-corrected chi connectivity index (χ0v) is 15.0. The van der Waals surface area contributed by atoms with Gasteiger partial charge in [-0.15, -0.1) is 0 Å². The number of para-hydroxylation sites is 3. The number of rotatable bonds is 8. The van der Waals surface area contributed by atoms with Crippen molar-refractivity contribution in [1.29, 1.82) is 0 Å². The molecule has 0 aliphatic heterocycles. The van der Waals surface area contributed by atoms with Crippen molar-refractivity contribution < 1.29 is 14.3 Å². The number of ether oxygens (including phenoxy) is 2. The third kappa shape index (κ3) is 5.41. The Hall–Kier alpha value is -2.69. The number of hydrogen-bond donors (Lipinski definition) is 2. The van der Waals surface area contributed by atoms with Crippen molar-refractivity contribution in [3.63, 3.8) is 0 Å². The van der Waals surface area contributed by atoms with Gasteiger partial charge in [0.2, 0.25) is 0 Å². The lowest BCUT2D eigenvalue weighted by Gasteiger charge is -2.16. The maximum Gasteiger partial charge on any atom is 0.321 e. The number of amides is 2. The van der Waals surface area contributed by atoms with Gasteiger partial charge < -0.3 is 20.1 Å². The van der Waals surface area contributed by atoms with E-state index in [0.29, 0.717) is 24.0 Å². The molecule has 2 aromatic carbocycles. The molecule has 5 nitrogen and oxygen atoms in total. The van der Waals surface area contributed by atoms with Gasteiger partial charge in [-0.05, 0) is 43.0 Å². The Morgan fingerprint density at radius 2 is 1.64 bits per heavy atom. The molecule has 0 saturated heterocycles. The molecule has 134 valence electrons. The van der Waals surface area contributed by atoms with Gasteiger partial charge in [-0.2, -0.15) is 0 Å². The molecule has 0 heterocycles. The molecule has 1 unspecified atom stereocenters. The van der Waals surface area contributed by atoms with Gasteiger partial charge in [0, 0.05) is 5.69 Å². The van der Waals surface area contributed by atoms with E-state index in [2.05, 4.69) is 24.5 Å². The van der Waals surface area contributed by atoms with E-state index in [0.717, 1.165) is 17.7 Å². The van der Waals surface area contributed by atoms with E-state index in [1.165, 1.54) is 0 Å². The lowest BCUT2D eigenvalue weighted by Crippen LogP contribution is -2.32. The Balaban J connectivity index is 1.90. The van der Waals surface area contributed by atoms with Crippen LogP contribution >= 0.6 is 0 Å². The van der Waals surface area contributed by atoms with E-state index < -0.39 is 0 Å². The third-order valence-electron chi connectivity index (χ3n) is 3.96. The first-order valence-corrected chi connectivity index (χ1v) is 8.64. The van der Waals surface area contributed by atoms with Crippen molar-refractivity contribution in [1.82, 2.24) is 5.32 Å². The van der Waals surface area contributed by atoms with Gasteiger partial charge in [0.05, 0.1) is 6.61 Å². The van der Waals surface area contributed by atoms with Crippen LogP contribution in [0.5, 0.6) is 11.5 Å². The topological polar surface area (TPSA) is 59.6 Å². The van der Waals surface area contributed by atoms with Gasteiger partial charge in [-0.1, -0.05) is 44.2 Å². The van der Waals surface area contributed by atoms with Crippen molar-refractivity contribution in [3.05, 3.63) is 54.1 Å². The predicted octanol–water partition coefficient (Wildman–Crippen LogP) is 4.76. The van der Waals surface area contributed by atoms with Crippen molar-refractivity contribution in [2.24, 2.45) is 0 Å². The smallest absolute Gasteiger partial charge is 0.321 e. The second-order valence-corrected chi connectivity index (χ2v) is 5.70. The minimum Gasteiger partial charge on any atom is -0.490 e. The Kier molecular flexibility index (Phi) is 7.14. The molecule has 0 aromatic heterocycles. The van der Waals surface area contributed by atoms with Gasteiger partial charge >= 0.3 is 6.03 Å². The summed E-state index contributed by atoms with van der Waals surface area (Å²) in [5.41, 5.74) is 1.95. The molecule has 5 heteroatoms. The van der Waals surface area contributed by atoms with Gasteiger partial charge in [0.25, 0.3) is 0 Å². The molecule has 2 N–H and O–H groups in total. The van der Waals surface area contributed by atoms with Gasteiger partial charge in [0.1, 0.15) is 0 Å². The second-order valence-electron chi connectivity index (χ2n) is 5.70. The van der Waals surface area contributed by atoms with Crippen LogP contribution in [0.25, 0.3) is 0 Å². The summed E-state index contributed by atoms with van der Waals surface area (Å²) in [6.45, 7) is 6.80. The maximum absolute atomic E-state index is 12.1. The standard InChI is InChI=1S/C20H26N2O3/c1-4-15(3)16-10-6-7-11-17(16)22-20(23)21-14-25-19-13-9-8-12-18(19)24-5-2/h6-13,15H,4-5,14H2,1-3H3,(H2,21,22,23). The molecular formula is C20H26N2O3. The monoisotopic (exact) mass is 342 g/mol. The first-order valence-electron chi connectivity index (χ1n) is 8.64. The van der Waals surface area contributed by atoms with E-state index in [4.69, 9.17) is 9.47 Å². The van der Waals surface area contributed by atoms with E-state index >= 15 is 0 Å². The zero-order chi connectivity index (χ0) is 18.1. The normalized spacial score (nSPS) is 11.5. The number of hydrogen-bond acceptors (Lipinski definition) is 3. The van der Waals surface area contributed by atoms with Crippen molar-refractivity contribution in [2.75, 3.05) is 18.7 Å². The minimum absolute atomic E-state index is 0.0570.